The van der Waals surface area contributed by atoms with E-state index in [9.17, 15) is 0 Å². The van der Waals surface area contributed by atoms with Crippen molar-refractivity contribution in [1.82, 2.24) is 0 Å². The summed E-state index contributed by atoms with van der Waals surface area (Å²) in [6.45, 7) is 0. The Kier molecular flexibility index (Phi) is 4.86. The van der Waals surface area contributed by atoms with Crippen LogP contribution in [0.5, 0.6) is 5.75 Å². The topological polar surface area (TPSA) is 22.4 Å². The van der Waals surface area contributed by atoms with Gasteiger partial charge < -0.3 is 9.15 Å². The standard InChI is InChI=1S/C42H26O2/c1-2-13-26-25(11-1)12-9-19-28(26)38-29-15-3-5-17-31(29)39(32-18-6-4-16-30(32)38)34-20-10-21-35-40-37(44-41(34)35)24-23-33-27-14-7-8-22-36(27)43-42(33)40/h1-20,22-24,35H,21H2. The number of hydrogen-bond acceptors (Lipinski definition) is 2. The largest absolute Gasteiger partial charge is 0.460 e. The van der Waals surface area contributed by atoms with E-state index in [1.165, 1.54) is 49.0 Å². The third kappa shape index (κ3) is 3.20. The van der Waals surface area contributed by atoms with Crippen molar-refractivity contribution in [3.8, 4) is 16.9 Å². The van der Waals surface area contributed by atoms with Crippen molar-refractivity contribution in [3.05, 3.63) is 156 Å². The van der Waals surface area contributed by atoms with Crippen molar-refractivity contribution in [1.29, 1.82) is 0 Å². The molecule has 0 radical (unpaired) electrons. The van der Waals surface area contributed by atoms with Crippen LogP contribution in [-0.2, 0) is 0 Å². The molecule has 0 saturated carbocycles. The summed E-state index contributed by atoms with van der Waals surface area (Å²) < 4.78 is 13.3. The molecule has 44 heavy (non-hydrogen) atoms. The fraction of sp³-hybridized carbons (Fsp3) is 0.0476. The van der Waals surface area contributed by atoms with Crippen LogP contribution in [0.2, 0.25) is 0 Å². The average molecular weight is 563 g/mol. The molecular formula is C42H26O2. The van der Waals surface area contributed by atoms with E-state index in [0.29, 0.717) is 0 Å². The molecule has 1 aliphatic carbocycles. The Hall–Kier alpha value is -5.60. The van der Waals surface area contributed by atoms with Crippen LogP contribution in [0.4, 0.5) is 0 Å². The summed E-state index contributed by atoms with van der Waals surface area (Å²) in [4.78, 5) is 0. The highest BCUT2D eigenvalue weighted by Gasteiger charge is 2.37. The molecule has 2 nitrogen and oxygen atoms in total. The van der Waals surface area contributed by atoms with E-state index in [1.54, 1.807) is 0 Å². The molecule has 1 aliphatic heterocycles. The number of hydrogen-bond donors (Lipinski definition) is 0. The van der Waals surface area contributed by atoms with Crippen LogP contribution >= 0.6 is 0 Å². The molecule has 1 aromatic heterocycles. The third-order valence-electron chi connectivity index (χ3n) is 9.61. The van der Waals surface area contributed by atoms with Crippen LogP contribution in [0.15, 0.2) is 150 Å². The van der Waals surface area contributed by atoms with Crippen LogP contribution in [0, 0.1) is 0 Å². The molecule has 0 spiro atoms. The normalized spacial score (nSPS) is 15.9. The first-order chi connectivity index (χ1) is 21.8. The Bertz CT molecular complexity index is 2500. The summed E-state index contributed by atoms with van der Waals surface area (Å²) in [6.07, 6.45) is 5.47. The summed E-state index contributed by atoms with van der Waals surface area (Å²) in [6, 6.07) is 45.7. The van der Waals surface area contributed by atoms with E-state index in [4.69, 9.17) is 9.15 Å². The van der Waals surface area contributed by atoms with Crippen molar-refractivity contribution in [3.63, 3.8) is 0 Å². The molecule has 0 fully saturated rings. The molecule has 0 N–H and O–H groups in total. The van der Waals surface area contributed by atoms with E-state index in [1.807, 2.05) is 6.07 Å². The predicted octanol–water partition coefficient (Wildman–Crippen LogP) is 11.6. The maximum absolute atomic E-state index is 6.82. The van der Waals surface area contributed by atoms with E-state index >= 15 is 0 Å². The highest BCUT2D eigenvalue weighted by Crippen LogP contribution is 2.54. The molecule has 8 aromatic rings. The van der Waals surface area contributed by atoms with Gasteiger partial charge in [-0.2, -0.15) is 0 Å². The minimum absolute atomic E-state index is 0.101. The van der Waals surface area contributed by atoms with Gasteiger partial charge in [0, 0.05) is 27.5 Å². The second-order valence-corrected chi connectivity index (χ2v) is 11.9. The molecule has 0 saturated heterocycles. The number of ether oxygens (including phenoxy) is 1. The highest BCUT2D eigenvalue weighted by atomic mass is 16.5. The van der Waals surface area contributed by atoms with Gasteiger partial charge in [0.1, 0.15) is 22.7 Å². The van der Waals surface area contributed by atoms with Crippen molar-refractivity contribution in [2.24, 2.45) is 0 Å². The average Bonchev–Trinajstić information content (AvgIpc) is 3.66. The zero-order valence-corrected chi connectivity index (χ0v) is 23.9. The number of rotatable bonds is 2. The van der Waals surface area contributed by atoms with Gasteiger partial charge in [0.25, 0.3) is 0 Å². The van der Waals surface area contributed by atoms with Gasteiger partial charge in [-0.3, -0.25) is 0 Å². The maximum atomic E-state index is 6.82. The lowest BCUT2D eigenvalue weighted by atomic mass is 9.81. The predicted molar refractivity (Wildman–Crippen MR) is 182 cm³/mol. The molecule has 206 valence electrons. The second kappa shape index (κ2) is 8.95. The second-order valence-electron chi connectivity index (χ2n) is 11.9. The summed E-state index contributed by atoms with van der Waals surface area (Å²) in [5.74, 6) is 2.02. The summed E-state index contributed by atoms with van der Waals surface area (Å²) in [5.41, 5.74) is 7.94. The molecule has 10 rings (SSSR count). The molecule has 1 unspecified atom stereocenters. The maximum Gasteiger partial charge on any atom is 0.143 e. The molecular weight excluding hydrogens is 536 g/mol. The van der Waals surface area contributed by atoms with Crippen LogP contribution in [-0.4, -0.2) is 0 Å². The monoisotopic (exact) mass is 562 g/mol. The van der Waals surface area contributed by atoms with Gasteiger partial charge in [0.05, 0.1) is 5.92 Å². The smallest absolute Gasteiger partial charge is 0.143 e. The number of furan rings is 1. The number of benzene rings is 7. The zero-order valence-electron chi connectivity index (χ0n) is 23.9. The molecule has 2 heteroatoms. The van der Waals surface area contributed by atoms with E-state index in [2.05, 4.69) is 133 Å². The van der Waals surface area contributed by atoms with Gasteiger partial charge >= 0.3 is 0 Å². The SMILES string of the molecule is C1=CC(c2c3ccccc3c(-c3cccc4ccccc34)c3ccccc23)=C2Oc3ccc4c(oc5ccccc54)c3C2C1. The number of para-hydroxylation sites is 1. The van der Waals surface area contributed by atoms with E-state index in [0.717, 1.165) is 51.0 Å². The number of fused-ring (bicyclic) bond motifs is 10. The Balaban J connectivity index is 1.28. The van der Waals surface area contributed by atoms with Gasteiger partial charge in [-0.1, -0.05) is 121 Å². The van der Waals surface area contributed by atoms with Crippen molar-refractivity contribution >= 4 is 59.8 Å². The first-order valence-electron chi connectivity index (χ1n) is 15.3. The van der Waals surface area contributed by atoms with Crippen LogP contribution < -0.4 is 4.74 Å². The molecule has 0 amide bonds. The quantitative estimate of drug-likeness (QED) is 0.196. The first kappa shape index (κ1) is 23.9. The minimum Gasteiger partial charge on any atom is -0.460 e. The summed E-state index contributed by atoms with van der Waals surface area (Å²) >= 11 is 0. The first-order valence-corrected chi connectivity index (χ1v) is 15.3. The van der Waals surface area contributed by atoms with Crippen LogP contribution in [0.3, 0.4) is 0 Å². The van der Waals surface area contributed by atoms with E-state index in [-0.39, 0.29) is 5.92 Å². The molecule has 1 atom stereocenters. The lowest BCUT2D eigenvalue weighted by molar-refractivity contribution is 0.429. The van der Waals surface area contributed by atoms with E-state index < -0.39 is 0 Å². The third-order valence-corrected chi connectivity index (χ3v) is 9.61. The fourth-order valence-electron chi connectivity index (χ4n) is 7.76. The lowest BCUT2D eigenvalue weighted by Gasteiger charge is -2.23. The Morgan fingerprint density at radius 3 is 1.93 bits per heavy atom. The zero-order chi connectivity index (χ0) is 28.8. The van der Waals surface area contributed by atoms with Crippen molar-refractivity contribution in [2.75, 3.05) is 0 Å². The Morgan fingerprint density at radius 2 is 1.16 bits per heavy atom. The lowest BCUT2D eigenvalue weighted by Crippen LogP contribution is -2.06. The van der Waals surface area contributed by atoms with Gasteiger partial charge in [-0.05, 0) is 68.1 Å². The highest BCUT2D eigenvalue weighted by molar-refractivity contribution is 6.22. The summed E-state index contributed by atoms with van der Waals surface area (Å²) in [5, 5.41) is 9.77. The van der Waals surface area contributed by atoms with Gasteiger partial charge in [0.15, 0.2) is 0 Å². The molecule has 7 aromatic carbocycles. The van der Waals surface area contributed by atoms with Gasteiger partial charge in [0.2, 0.25) is 0 Å². The van der Waals surface area contributed by atoms with Crippen molar-refractivity contribution < 1.29 is 9.15 Å². The Labute approximate surface area is 254 Å². The van der Waals surface area contributed by atoms with Crippen molar-refractivity contribution in [2.45, 2.75) is 12.3 Å². The minimum atomic E-state index is 0.101. The molecule has 2 aliphatic rings. The van der Waals surface area contributed by atoms with Crippen LogP contribution in [0.25, 0.3) is 71.0 Å². The molecule has 0 bridgehead atoms. The van der Waals surface area contributed by atoms with Gasteiger partial charge in [-0.15, -0.1) is 0 Å². The summed E-state index contributed by atoms with van der Waals surface area (Å²) in [7, 11) is 0. The fourth-order valence-corrected chi connectivity index (χ4v) is 7.76. The Morgan fingerprint density at radius 1 is 0.523 bits per heavy atom. The van der Waals surface area contributed by atoms with Gasteiger partial charge in [-0.25, -0.2) is 0 Å². The molecule has 2 heterocycles. The van der Waals surface area contributed by atoms with Crippen LogP contribution in [0.1, 0.15) is 23.5 Å². The number of allylic oxidation sites excluding steroid dienone is 4.